The van der Waals surface area contributed by atoms with Gasteiger partial charge in [0, 0.05) is 23.4 Å². The normalized spacial score (nSPS) is 11.5. The van der Waals surface area contributed by atoms with Gasteiger partial charge in [0.05, 0.1) is 21.7 Å². The summed E-state index contributed by atoms with van der Waals surface area (Å²) in [5.74, 6) is -0.809. The van der Waals surface area contributed by atoms with Gasteiger partial charge in [0.15, 0.2) is 9.84 Å². The molecule has 1 amide bonds. The highest BCUT2D eigenvalue weighted by Gasteiger charge is 2.14. The molecule has 3 rings (SSSR count). The van der Waals surface area contributed by atoms with E-state index in [0.29, 0.717) is 27.8 Å². The third-order valence-corrected chi connectivity index (χ3v) is 4.85. The molecule has 1 aromatic heterocycles. The van der Waals surface area contributed by atoms with E-state index >= 15 is 0 Å². The lowest BCUT2D eigenvalue weighted by atomic mass is 10.1. The Morgan fingerprint density at radius 3 is 2.60 bits per heavy atom. The van der Waals surface area contributed by atoms with Gasteiger partial charge in [-0.15, -0.1) is 0 Å². The summed E-state index contributed by atoms with van der Waals surface area (Å²) in [6, 6.07) is 11.8. The van der Waals surface area contributed by atoms with E-state index in [4.69, 9.17) is 0 Å². The first-order chi connectivity index (χ1) is 11.7. The molecule has 1 N–H and O–H groups in total. The molecule has 0 aliphatic carbocycles. The second-order valence-electron chi connectivity index (χ2n) is 5.71. The van der Waals surface area contributed by atoms with Gasteiger partial charge in [0.25, 0.3) is 5.91 Å². The van der Waals surface area contributed by atoms with Gasteiger partial charge in [-0.3, -0.25) is 9.78 Å². The van der Waals surface area contributed by atoms with Crippen LogP contribution < -0.4 is 5.32 Å². The van der Waals surface area contributed by atoms with Crippen molar-refractivity contribution < 1.29 is 17.6 Å². The maximum atomic E-state index is 13.3. The number of pyridine rings is 1. The quantitative estimate of drug-likeness (QED) is 0.779. The standard InChI is InChI=1S/C18H15FN2O3S/c1-11-16(8-12-6-7-13(19)9-17(12)20-11)18(22)21-14-4-3-5-15(10-14)25(2,23)24/h3-10H,1-2H3,(H,21,22). The van der Waals surface area contributed by atoms with Gasteiger partial charge in [-0.05, 0) is 43.3 Å². The Bertz CT molecular complexity index is 1090. The number of aromatic nitrogens is 1. The zero-order valence-corrected chi connectivity index (χ0v) is 14.4. The van der Waals surface area contributed by atoms with Crippen LogP contribution in [0.5, 0.6) is 0 Å². The molecular formula is C18H15FN2O3S. The second-order valence-corrected chi connectivity index (χ2v) is 7.73. The van der Waals surface area contributed by atoms with Crippen LogP contribution in [0.4, 0.5) is 10.1 Å². The van der Waals surface area contributed by atoms with E-state index in [2.05, 4.69) is 10.3 Å². The summed E-state index contributed by atoms with van der Waals surface area (Å²) >= 11 is 0. The number of aryl methyl sites for hydroxylation is 1. The van der Waals surface area contributed by atoms with Crippen molar-refractivity contribution in [2.75, 3.05) is 11.6 Å². The topological polar surface area (TPSA) is 76.1 Å². The highest BCUT2D eigenvalue weighted by molar-refractivity contribution is 7.90. The van der Waals surface area contributed by atoms with Gasteiger partial charge >= 0.3 is 0 Å². The Morgan fingerprint density at radius 2 is 1.88 bits per heavy atom. The molecule has 0 radical (unpaired) electrons. The van der Waals surface area contributed by atoms with Gasteiger partial charge < -0.3 is 5.32 Å². The highest BCUT2D eigenvalue weighted by Crippen LogP contribution is 2.20. The molecule has 0 saturated heterocycles. The summed E-state index contributed by atoms with van der Waals surface area (Å²) in [6.45, 7) is 1.66. The molecule has 0 spiro atoms. The molecule has 0 unspecified atom stereocenters. The minimum absolute atomic E-state index is 0.120. The number of carbonyl (C=O) groups is 1. The van der Waals surface area contributed by atoms with Crippen molar-refractivity contribution in [1.82, 2.24) is 4.98 Å². The number of fused-ring (bicyclic) bond motifs is 1. The van der Waals surface area contributed by atoms with E-state index in [0.717, 1.165) is 6.26 Å². The lowest BCUT2D eigenvalue weighted by Crippen LogP contribution is -2.14. The Balaban J connectivity index is 1.95. The molecule has 0 bridgehead atoms. The highest BCUT2D eigenvalue weighted by atomic mass is 32.2. The van der Waals surface area contributed by atoms with Crippen molar-refractivity contribution in [2.24, 2.45) is 0 Å². The molecule has 0 aliphatic rings. The lowest BCUT2D eigenvalue weighted by molar-refractivity contribution is 0.102. The summed E-state index contributed by atoms with van der Waals surface area (Å²) in [7, 11) is -3.37. The molecule has 0 aliphatic heterocycles. The number of nitrogens with zero attached hydrogens (tertiary/aromatic N) is 1. The summed E-state index contributed by atoms with van der Waals surface area (Å²) in [6.07, 6.45) is 1.10. The molecule has 1 heterocycles. The molecule has 128 valence electrons. The molecule has 3 aromatic rings. The van der Waals surface area contributed by atoms with E-state index in [-0.39, 0.29) is 4.90 Å². The maximum Gasteiger partial charge on any atom is 0.257 e. The monoisotopic (exact) mass is 358 g/mol. The van der Waals surface area contributed by atoms with Crippen LogP contribution >= 0.6 is 0 Å². The SMILES string of the molecule is Cc1nc2cc(F)ccc2cc1C(=O)Nc1cccc(S(C)(=O)=O)c1. The average molecular weight is 358 g/mol. The maximum absolute atomic E-state index is 13.3. The first-order valence-corrected chi connectivity index (χ1v) is 9.31. The van der Waals surface area contributed by atoms with Gasteiger partial charge in [0.2, 0.25) is 0 Å². The van der Waals surface area contributed by atoms with E-state index in [9.17, 15) is 17.6 Å². The number of sulfone groups is 1. The molecular weight excluding hydrogens is 343 g/mol. The second kappa shape index (κ2) is 6.25. The van der Waals surface area contributed by atoms with E-state index in [1.807, 2.05) is 0 Å². The predicted octanol–water partition coefficient (Wildman–Crippen LogP) is 3.34. The average Bonchev–Trinajstić information content (AvgIpc) is 2.53. The van der Waals surface area contributed by atoms with Crippen molar-refractivity contribution in [3.63, 3.8) is 0 Å². The largest absolute Gasteiger partial charge is 0.322 e. The summed E-state index contributed by atoms with van der Waals surface area (Å²) < 4.78 is 36.5. The first-order valence-electron chi connectivity index (χ1n) is 7.42. The van der Waals surface area contributed by atoms with Crippen molar-refractivity contribution >= 4 is 32.3 Å². The number of nitrogens with one attached hydrogen (secondary N) is 1. The van der Waals surface area contributed by atoms with Crippen LogP contribution in [0.25, 0.3) is 10.9 Å². The van der Waals surface area contributed by atoms with Gasteiger partial charge in [0.1, 0.15) is 5.82 Å². The molecule has 0 saturated carbocycles. The molecule has 0 atom stereocenters. The van der Waals surface area contributed by atoms with Gasteiger partial charge in [-0.1, -0.05) is 6.07 Å². The number of halogens is 1. The number of benzene rings is 2. The van der Waals surface area contributed by atoms with Gasteiger partial charge in [-0.2, -0.15) is 0 Å². The third-order valence-electron chi connectivity index (χ3n) is 3.73. The fourth-order valence-corrected chi connectivity index (χ4v) is 3.14. The van der Waals surface area contributed by atoms with E-state index in [1.165, 1.54) is 24.3 Å². The van der Waals surface area contributed by atoms with E-state index in [1.54, 1.807) is 31.2 Å². The Hall–Kier alpha value is -2.80. The van der Waals surface area contributed by atoms with Crippen molar-refractivity contribution in [3.05, 3.63) is 65.6 Å². The lowest BCUT2D eigenvalue weighted by Gasteiger charge is -2.10. The van der Waals surface area contributed by atoms with Crippen molar-refractivity contribution in [1.29, 1.82) is 0 Å². The van der Waals surface area contributed by atoms with Crippen LogP contribution in [-0.4, -0.2) is 25.6 Å². The van der Waals surface area contributed by atoms with Crippen LogP contribution in [0.2, 0.25) is 0 Å². The minimum atomic E-state index is -3.37. The number of amides is 1. The van der Waals surface area contributed by atoms with Crippen LogP contribution in [0.3, 0.4) is 0 Å². The fourth-order valence-electron chi connectivity index (χ4n) is 2.47. The minimum Gasteiger partial charge on any atom is -0.322 e. The molecule has 2 aromatic carbocycles. The van der Waals surface area contributed by atoms with Crippen LogP contribution in [0.15, 0.2) is 53.4 Å². The molecule has 5 nitrogen and oxygen atoms in total. The van der Waals surface area contributed by atoms with Crippen molar-refractivity contribution in [2.45, 2.75) is 11.8 Å². The summed E-state index contributed by atoms with van der Waals surface area (Å²) in [4.78, 5) is 16.9. The van der Waals surface area contributed by atoms with E-state index < -0.39 is 21.6 Å². The number of hydrogen-bond acceptors (Lipinski definition) is 4. The van der Waals surface area contributed by atoms with Crippen LogP contribution in [0, 0.1) is 12.7 Å². The number of carbonyl (C=O) groups excluding carboxylic acids is 1. The summed E-state index contributed by atoms with van der Waals surface area (Å²) in [5.41, 5.74) is 1.62. The Kier molecular flexibility index (Phi) is 4.26. The van der Waals surface area contributed by atoms with Crippen LogP contribution in [-0.2, 0) is 9.84 Å². The number of anilines is 1. The smallest absolute Gasteiger partial charge is 0.257 e. The van der Waals surface area contributed by atoms with Crippen LogP contribution in [0.1, 0.15) is 16.1 Å². The Morgan fingerprint density at radius 1 is 1.12 bits per heavy atom. The number of hydrogen-bond donors (Lipinski definition) is 1. The zero-order valence-electron chi connectivity index (χ0n) is 13.6. The third kappa shape index (κ3) is 3.66. The number of rotatable bonds is 3. The summed E-state index contributed by atoms with van der Waals surface area (Å²) in [5, 5.41) is 3.31. The molecule has 0 fully saturated rings. The zero-order chi connectivity index (χ0) is 18.2. The predicted molar refractivity (Wildman–Crippen MR) is 93.9 cm³/mol. The Labute approximate surface area is 144 Å². The molecule has 7 heteroatoms. The molecule has 25 heavy (non-hydrogen) atoms. The fraction of sp³-hybridized carbons (Fsp3) is 0.111. The first kappa shape index (κ1) is 17.0. The van der Waals surface area contributed by atoms with Gasteiger partial charge in [-0.25, -0.2) is 12.8 Å². The van der Waals surface area contributed by atoms with Crippen molar-refractivity contribution in [3.8, 4) is 0 Å².